The van der Waals surface area contributed by atoms with Crippen LogP contribution < -0.4 is 5.73 Å². The van der Waals surface area contributed by atoms with Crippen LogP contribution in [0.5, 0.6) is 0 Å². The Morgan fingerprint density at radius 3 is 2.47 bits per heavy atom. The summed E-state index contributed by atoms with van der Waals surface area (Å²) in [6.45, 7) is 0.169. The zero-order chi connectivity index (χ0) is 11.3. The van der Waals surface area contributed by atoms with E-state index in [4.69, 9.17) is 10.8 Å². The predicted octanol–water partition coefficient (Wildman–Crippen LogP) is -0.0780. The molecule has 1 aromatic carbocycles. The second-order valence-corrected chi connectivity index (χ2v) is 3.43. The van der Waals surface area contributed by atoms with Crippen LogP contribution >= 0.6 is 0 Å². The van der Waals surface area contributed by atoms with E-state index in [0.717, 1.165) is 5.56 Å². The smallest absolute Gasteiger partial charge is 0.105 e. The van der Waals surface area contributed by atoms with Crippen molar-refractivity contribution in [2.75, 3.05) is 6.61 Å². The number of rotatable bonds is 5. The number of benzene rings is 1. The summed E-state index contributed by atoms with van der Waals surface area (Å²) in [6, 6.07) is 7.15. The summed E-state index contributed by atoms with van der Waals surface area (Å²) in [4.78, 5) is 0. The van der Waals surface area contributed by atoms with Crippen LogP contribution in [0.4, 0.5) is 0 Å². The van der Waals surface area contributed by atoms with Crippen molar-refractivity contribution in [3.8, 4) is 0 Å². The van der Waals surface area contributed by atoms with Gasteiger partial charge >= 0.3 is 0 Å². The van der Waals surface area contributed by atoms with Gasteiger partial charge in [0.05, 0.1) is 6.10 Å². The first kappa shape index (κ1) is 12.1. The van der Waals surface area contributed by atoms with Crippen molar-refractivity contribution in [1.29, 1.82) is 0 Å². The molecule has 0 fully saturated rings. The molecule has 0 aliphatic heterocycles. The Bertz CT molecular complexity index is 304. The van der Waals surface area contributed by atoms with Gasteiger partial charge in [-0.2, -0.15) is 0 Å². The lowest BCUT2D eigenvalue weighted by molar-refractivity contribution is 0.00376. The number of hydrogen-bond acceptors (Lipinski definition) is 4. The van der Waals surface area contributed by atoms with Gasteiger partial charge in [0.25, 0.3) is 0 Å². The standard InChI is InChI=1S/C11H17NO3/c12-7-8-3-1-2-4-9(8)11(15)10(14)5-6-13/h1-4,10-11,13-15H,5-7,12H2. The molecule has 2 unspecified atom stereocenters. The van der Waals surface area contributed by atoms with E-state index in [2.05, 4.69) is 0 Å². The van der Waals surface area contributed by atoms with E-state index in [0.29, 0.717) is 12.1 Å². The second-order valence-electron chi connectivity index (χ2n) is 3.43. The van der Waals surface area contributed by atoms with Gasteiger partial charge in [-0.25, -0.2) is 0 Å². The summed E-state index contributed by atoms with van der Waals surface area (Å²) in [6.07, 6.45) is -1.79. The normalized spacial score (nSPS) is 14.9. The van der Waals surface area contributed by atoms with Crippen LogP contribution in [0.25, 0.3) is 0 Å². The summed E-state index contributed by atoms with van der Waals surface area (Å²) in [5.74, 6) is 0. The van der Waals surface area contributed by atoms with Crippen molar-refractivity contribution < 1.29 is 15.3 Å². The van der Waals surface area contributed by atoms with E-state index in [1.165, 1.54) is 0 Å². The van der Waals surface area contributed by atoms with E-state index in [1.54, 1.807) is 12.1 Å². The molecule has 1 rings (SSSR count). The quantitative estimate of drug-likeness (QED) is 0.549. The average molecular weight is 211 g/mol. The molecule has 1 aromatic rings. The molecule has 0 saturated carbocycles. The fraction of sp³-hybridized carbons (Fsp3) is 0.455. The maximum Gasteiger partial charge on any atom is 0.105 e. The monoisotopic (exact) mass is 211 g/mol. The Morgan fingerprint density at radius 1 is 1.20 bits per heavy atom. The highest BCUT2D eigenvalue weighted by Gasteiger charge is 2.19. The Kier molecular flexibility index (Phi) is 4.71. The molecule has 4 nitrogen and oxygen atoms in total. The minimum absolute atomic E-state index is 0.150. The van der Waals surface area contributed by atoms with Crippen LogP contribution in [-0.4, -0.2) is 28.0 Å². The zero-order valence-electron chi connectivity index (χ0n) is 8.50. The van der Waals surface area contributed by atoms with Gasteiger partial charge in [0.2, 0.25) is 0 Å². The molecule has 0 amide bonds. The van der Waals surface area contributed by atoms with Crippen molar-refractivity contribution in [1.82, 2.24) is 0 Å². The molecule has 0 radical (unpaired) electrons. The SMILES string of the molecule is NCc1ccccc1C(O)C(O)CCO. The van der Waals surface area contributed by atoms with E-state index < -0.39 is 12.2 Å². The van der Waals surface area contributed by atoms with Crippen molar-refractivity contribution >= 4 is 0 Å². The molecule has 0 heterocycles. The molecular weight excluding hydrogens is 194 g/mol. The highest BCUT2D eigenvalue weighted by molar-refractivity contribution is 5.29. The van der Waals surface area contributed by atoms with Gasteiger partial charge in [0, 0.05) is 13.2 Å². The number of nitrogens with two attached hydrogens (primary N) is 1. The maximum absolute atomic E-state index is 9.82. The van der Waals surface area contributed by atoms with Crippen molar-refractivity contribution in [2.24, 2.45) is 5.73 Å². The molecule has 4 heteroatoms. The van der Waals surface area contributed by atoms with Crippen LogP contribution in [0.1, 0.15) is 23.7 Å². The molecule has 0 bridgehead atoms. The summed E-state index contributed by atoms with van der Waals surface area (Å²) in [7, 11) is 0. The summed E-state index contributed by atoms with van der Waals surface area (Å²) >= 11 is 0. The van der Waals surface area contributed by atoms with Crippen LogP contribution in [0, 0.1) is 0 Å². The molecule has 2 atom stereocenters. The first-order valence-electron chi connectivity index (χ1n) is 4.95. The van der Waals surface area contributed by atoms with Gasteiger partial charge in [-0.1, -0.05) is 24.3 Å². The van der Waals surface area contributed by atoms with Gasteiger partial charge in [-0.05, 0) is 17.5 Å². The van der Waals surface area contributed by atoms with Gasteiger partial charge in [-0.15, -0.1) is 0 Å². The maximum atomic E-state index is 9.82. The van der Waals surface area contributed by atoms with Crippen molar-refractivity contribution in [2.45, 2.75) is 25.2 Å². The van der Waals surface area contributed by atoms with Crippen molar-refractivity contribution in [3.63, 3.8) is 0 Å². The molecule has 0 aromatic heterocycles. The predicted molar refractivity (Wildman–Crippen MR) is 57.0 cm³/mol. The highest BCUT2D eigenvalue weighted by atomic mass is 16.3. The highest BCUT2D eigenvalue weighted by Crippen LogP contribution is 2.22. The Labute approximate surface area is 89.0 Å². The lowest BCUT2D eigenvalue weighted by Crippen LogP contribution is -2.21. The largest absolute Gasteiger partial charge is 0.396 e. The lowest BCUT2D eigenvalue weighted by atomic mass is 9.97. The first-order valence-corrected chi connectivity index (χ1v) is 4.95. The Morgan fingerprint density at radius 2 is 1.87 bits per heavy atom. The minimum atomic E-state index is -0.989. The molecule has 5 N–H and O–H groups in total. The van der Waals surface area contributed by atoms with Gasteiger partial charge in [0.1, 0.15) is 6.10 Å². The Hall–Kier alpha value is -0.940. The van der Waals surface area contributed by atoms with Crippen LogP contribution in [0.3, 0.4) is 0 Å². The zero-order valence-corrected chi connectivity index (χ0v) is 8.50. The molecule has 15 heavy (non-hydrogen) atoms. The van der Waals surface area contributed by atoms with Gasteiger partial charge in [-0.3, -0.25) is 0 Å². The van der Waals surface area contributed by atoms with E-state index in [-0.39, 0.29) is 13.0 Å². The van der Waals surface area contributed by atoms with Crippen molar-refractivity contribution in [3.05, 3.63) is 35.4 Å². The summed E-state index contributed by atoms with van der Waals surface area (Å²) in [5, 5.41) is 28.0. The van der Waals surface area contributed by atoms with Crippen LogP contribution in [-0.2, 0) is 6.54 Å². The fourth-order valence-corrected chi connectivity index (χ4v) is 1.51. The number of hydrogen-bond donors (Lipinski definition) is 4. The van der Waals surface area contributed by atoms with E-state index >= 15 is 0 Å². The topological polar surface area (TPSA) is 86.7 Å². The molecule has 0 spiro atoms. The van der Waals surface area contributed by atoms with Crippen LogP contribution in [0.2, 0.25) is 0 Å². The Balaban J connectivity index is 2.84. The molecule has 0 aliphatic carbocycles. The van der Waals surface area contributed by atoms with E-state index in [9.17, 15) is 10.2 Å². The molecule has 0 aliphatic rings. The average Bonchev–Trinajstić information content (AvgIpc) is 2.28. The summed E-state index contributed by atoms with van der Waals surface area (Å²) < 4.78 is 0. The third kappa shape index (κ3) is 3.00. The minimum Gasteiger partial charge on any atom is -0.396 e. The lowest BCUT2D eigenvalue weighted by Gasteiger charge is -2.19. The third-order valence-corrected chi connectivity index (χ3v) is 2.38. The first-order chi connectivity index (χ1) is 7.20. The van der Waals surface area contributed by atoms with E-state index in [1.807, 2.05) is 12.1 Å². The molecule has 0 saturated heterocycles. The number of aliphatic hydroxyl groups excluding tert-OH is 3. The summed E-state index contributed by atoms with van der Waals surface area (Å²) in [5.41, 5.74) is 6.95. The van der Waals surface area contributed by atoms with Gasteiger partial charge < -0.3 is 21.1 Å². The van der Waals surface area contributed by atoms with Gasteiger partial charge in [0.15, 0.2) is 0 Å². The molecular formula is C11H17NO3. The third-order valence-electron chi connectivity index (χ3n) is 2.38. The fourth-order valence-electron chi connectivity index (χ4n) is 1.51. The second kappa shape index (κ2) is 5.82. The van der Waals surface area contributed by atoms with Crippen LogP contribution in [0.15, 0.2) is 24.3 Å². The number of aliphatic hydroxyl groups is 3. The molecule has 84 valence electrons.